The second kappa shape index (κ2) is 6.55. The van der Waals surface area contributed by atoms with Gasteiger partial charge in [0.1, 0.15) is 5.82 Å². The summed E-state index contributed by atoms with van der Waals surface area (Å²) >= 11 is 18.1. The average Bonchev–Trinajstić information content (AvgIpc) is 2.68. The van der Waals surface area contributed by atoms with E-state index in [9.17, 15) is 0 Å². The van der Waals surface area contributed by atoms with Crippen molar-refractivity contribution in [1.82, 2.24) is 9.55 Å². The van der Waals surface area contributed by atoms with E-state index in [1.54, 1.807) is 0 Å². The first-order chi connectivity index (χ1) is 9.43. The van der Waals surface area contributed by atoms with E-state index in [2.05, 4.69) is 30.3 Å². The molecule has 1 aromatic carbocycles. The van der Waals surface area contributed by atoms with Crippen LogP contribution in [-0.2, 0) is 13.0 Å². The maximum absolute atomic E-state index is 6.15. The number of aryl methyl sites for hydroxylation is 1. The fourth-order valence-electron chi connectivity index (χ4n) is 2.15. The number of alkyl halides is 1. The van der Waals surface area contributed by atoms with Crippen molar-refractivity contribution >= 4 is 45.8 Å². The monoisotopic (exact) mass is 332 g/mol. The Balaban J connectivity index is 2.52. The maximum Gasteiger partial charge on any atom is 0.111 e. The molecule has 0 bridgehead atoms. The number of nitrogens with zero attached hydrogens (tertiary/aromatic N) is 2. The highest BCUT2D eigenvalue weighted by atomic mass is 35.5. The van der Waals surface area contributed by atoms with E-state index >= 15 is 0 Å². The van der Waals surface area contributed by atoms with E-state index in [1.165, 1.54) is 0 Å². The number of imidazole rings is 1. The third kappa shape index (κ3) is 3.24. The summed E-state index contributed by atoms with van der Waals surface area (Å²) in [6.45, 7) is 7.63. The van der Waals surface area contributed by atoms with Gasteiger partial charge in [-0.1, -0.05) is 44.0 Å². The Bertz CT molecular complexity index is 605. The lowest BCUT2D eigenvalue weighted by Gasteiger charge is -2.18. The van der Waals surface area contributed by atoms with Crippen LogP contribution >= 0.6 is 34.8 Å². The van der Waals surface area contributed by atoms with Gasteiger partial charge in [0.2, 0.25) is 0 Å². The molecule has 2 rings (SSSR count). The molecule has 5 heteroatoms. The molecule has 2 nitrogen and oxygen atoms in total. The zero-order valence-electron chi connectivity index (χ0n) is 12.0. The lowest BCUT2D eigenvalue weighted by molar-refractivity contribution is 0.364. The molecule has 1 heterocycles. The Hall–Kier alpha value is -0.440. The van der Waals surface area contributed by atoms with E-state index in [0.717, 1.165) is 29.8 Å². The molecular weight excluding hydrogens is 315 g/mol. The summed E-state index contributed by atoms with van der Waals surface area (Å²) < 4.78 is 2.23. The molecule has 0 fully saturated rings. The molecule has 1 aromatic heterocycles. The van der Waals surface area contributed by atoms with Gasteiger partial charge in [0, 0.05) is 18.8 Å². The summed E-state index contributed by atoms with van der Waals surface area (Å²) in [5.74, 6) is 2.72. The highest BCUT2D eigenvalue weighted by molar-refractivity contribution is 6.42. The summed E-state index contributed by atoms with van der Waals surface area (Å²) in [4.78, 5) is 4.65. The van der Waals surface area contributed by atoms with Gasteiger partial charge in [-0.15, -0.1) is 11.6 Å². The first-order valence-electron chi connectivity index (χ1n) is 6.84. The zero-order valence-corrected chi connectivity index (χ0v) is 14.2. The Morgan fingerprint density at radius 2 is 1.80 bits per heavy atom. The van der Waals surface area contributed by atoms with Gasteiger partial charge < -0.3 is 4.57 Å². The second-order valence-corrected chi connectivity index (χ2v) is 6.75. The molecule has 1 atom stereocenters. The van der Waals surface area contributed by atoms with Crippen molar-refractivity contribution in [3.05, 3.63) is 28.0 Å². The first kappa shape index (κ1) is 15.9. The molecular formula is C15H19Cl3N2. The van der Waals surface area contributed by atoms with Gasteiger partial charge in [-0.2, -0.15) is 0 Å². The Morgan fingerprint density at radius 1 is 1.15 bits per heavy atom. The Morgan fingerprint density at radius 3 is 2.40 bits per heavy atom. The minimum atomic E-state index is 0.540. The number of aromatic nitrogens is 2. The molecule has 0 aliphatic carbocycles. The molecule has 0 spiro atoms. The van der Waals surface area contributed by atoms with Gasteiger partial charge in [0.15, 0.2) is 0 Å². The van der Waals surface area contributed by atoms with Crippen molar-refractivity contribution in [3.63, 3.8) is 0 Å². The maximum atomic E-state index is 6.15. The topological polar surface area (TPSA) is 17.8 Å². The molecule has 20 heavy (non-hydrogen) atoms. The number of fused-ring (bicyclic) bond motifs is 1. The van der Waals surface area contributed by atoms with Crippen molar-refractivity contribution in [2.45, 2.75) is 33.7 Å². The van der Waals surface area contributed by atoms with Crippen LogP contribution in [-0.4, -0.2) is 15.4 Å². The van der Waals surface area contributed by atoms with E-state index in [1.807, 2.05) is 12.1 Å². The summed E-state index contributed by atoms with van der Waals surface area (Å²) in [6, 6.07) is 3.73. The van der Waals surface area contributed by atoms with Crippen LogP contribution in [0.15, 0.2) is 12.1 Å². The Labute approximate surface area is 135 Å². The van der Waals surface area contributed by atoms with Crippen LogP contribution in [0.5, 0.6) is 0 Å². The van der Waals surface area contributed by atoms with E-state index in [4.69, 9.17) is 34.8 Å². The molecule has 2 aromatic rings. The number of halogens is 3. The number of hydrogen-bond donors (Lipinski definition) is 0. The van der Waals surface area contributed by atoms with Crippen LogP contribution in [0, 0.1) is 11.8 Å². The lowest BCUT2D eigenvalue weighted by Crippen LogP contribution is -2.15. The van der Waals surface area contributed by atoms with Gasteiger partial charge >= 0.3 is 0 Å². The minimum Gasteiger partial charge on any atom is -0.328 e. The number of benzene rings is 1. The molecule has 1 unspecified atom stereocenters. The summed E-state index contributed by atoms with van der Waals surface area (Å²) in [6.07, 6.45) is 0.746. The lowest BCUT2D eigenvalue weighted by atomic mass is 9.98. The highest BCUT2D eigenvalue weighted by Crippen LogP contribution is 2.29. The second-order valence-electron chi connectivity index (χ2n) is 5.55. The van der Waals surface area contributed by atoms with Crippen LogP contribution in [0.25, 0.3) is 11.0 Å². The normalized spacial score (nSPS) is 13.3. The van der Waals surface area contributed by atoms with Gasteiger partial charge in [0.05, 0.1) is 21.1 Å². The van der Waals surface area contributed by atoms with Crippen molar-refractivity contribution in [3.8, 4) is 0 Å². The predicted octanol–water partition coefficient (Wildman–Crippen LogP) is 5.42. The smallest absolute Gasteiger partial charge is 0.111 e. The van der Waals surface area contributed by atoms with Crippen molar-refractivity contribution in [2.24, 2.45) is 11.8 Å². The van der Waals surface area contributed by atoms with Crippen LogP contribution < -0.4 is 0 Å². The fraction of sp³-hybridized carbons (Fsp3) is 0.533. The third-order valence-electron chi connectivity index (χ3n) is 3.80. The minimum absolute atomic E-state index is 0.540. The molecule has 0 saturated heterocycles. The summed E-state index contributed by atoms with van der Waals surface area (Å²) in [5, 5.41) is 1.10. The van der Waals surface area contributed by atoms with E-state index in [0.29, 0.717) is 27.8 Å². The van der Waals surface area contributed by atoms with Crippen LogP contribution in [0.3, 0.4) is 0 Å². The molecule has 0 amide bonds. The molecule has 0 N–H and O–H groups in total. The van der Waals surface area contributed by atoms with Crippen LogP contribution in [0.2, 0.25) is 10.0 Å². The molecule has 0 saturated carbocycles. The molecule has 110 valence electrons. The molecule has 0 aliphatic rings. The van der Waals surface area contributed by atoms with Gasteiger partial charge in [-0.3, -0.25) is 0 Å². The summed E-state index contributed by atoms with van der Waals surface area (Å²) in [5.41, 5.74) is 1.92. The SMILES string of the molecule is CC(C)C(C)Cn1c(CCCl)nc2cc(Cl)c(Cl)cc21. The molecule has 0 aliphatic heterocycles. The third-order valence-corrected chi connectivity index (χ3v) is 4.71. The van der Waals surface area contributed by atoms with E-state index < -0.39 is 0 Å². The highest BCUT2D eigenvalue weighted by Gasteiger charge is 2.16. The largest absolute Gasteiger partial charge is 0.328 e. The van der Waals surface area contributed by atoms with Crippen molar-refractivity contribution in [1.29, 1.82) is 0 Å². The van der Waals surface area contributed by atoms with Crippen LogP contribution in [0.4, 0.5) is 0 Å². The average molecular weight is 334 g/mol. The van der Waals surface area contributed by atoms with E-state index in [-0.39, 0.29) is 0 Å². The first-order valence-corrected chi connectivity index (χ1v) is 8.13. The number of hydrogen-bond acceptors (Lipinski definition) is 1. The molecule has 0 radical (unpaired) electrons. The summed E-state index contributed by atoms with van der Waals surface area (Å²) in [7, 11) is 0. The van der Waals surface area contributed by atoms with Crippen LogP contribution in [0.1, 0.15) is 26.6 Å². The fourth-order valence-corrected chi connectivity index (χ4v) is 2.63. The van der Waals surface area contributed by atoms with Crippen molar-refractivity contribution in [2.75, 3.05) is 5.88 Å². The Kier molecular flexibility index (Phi) is 5.22. The van der Waals surface area contributed by atoms with Gasteiger partial charge in [-0.05, 0) is 24.0 Å². The zero-order chi connectivity index (χ0) is 14.9. The predicted molar refractivity (Wildman–Crippen MR) is 88.2 cm³/mol. The van der Waals surface area contributed by atoms with Crippen molar-refractivity contribution < 1.29 is 0 Å². The van der Waals surface area contributed by atoms with Gasteiger partial charge in [0.25, 0.3) is 0 Å². The number of rotatable bonds is 5. The van der Waals surface area contributed by atoms with Gasteiger partial charge in [-0.25, -0.2) is 4.98 Å². The quantitative estimate of drug-likeness (QED) is 0.668. The standard InChI is InChI=1S/C15H19Cl3N2/c1-9(2)10(3)8-20-14-7-12(18)11(17)6-13(14)19-15(20)4-5-16/h6-7,9-10H,4-5,8H2,1-3H3.